The fourth-order valence-electron chi connectivity index (χ4n) is 1.40. The molecule has 0 aromatic heterocycles. The molecule has 0 atom stereocenters. The lowest BCUT2D eigenvalue weighted by atomic mass is 10.3. The fourth-order valence-corrected chi connectivity index (χ4v) is 2.87. The number of nitrogens with one attached hydrogen (secondary N) is 1. The minimum Gasteiger partial charge on any atom is -0.398 e. The summed E-state index contributed by atoms with van der Waals surface area (Å²) in [5, 5.41) is 0.355. The van der Waals surface area contributed by atoms with Crippen molar-refractivity contribution in [2.75, 3.05) is 12.3 Å². The van der Waals surface area contributed by atoms with Crippen LogP contribution in [0, 0.1) is 0 Å². The molecule has 1 aromatic rings. The van der Waals surface area contributed by atoms with Crippen molar-refractivity contribution < 1.29 is 8.42 Å². The van der Waals surface area contributed by atoms with E-state index < -0.39 is 10.0 Å². The molecule has 0 radical (unpaired) electrons. The van der Waals surface area contributed by atoms with Crippen LogP contribution < -0.4 is 10.5 Å². The Balaban J connectivity index is 2.79. The van der Waals surface area contributed by atoms with Crippen molar-refractivity contribution in [3.63, 3.8) is 0 Å². The van der Waals surface area contributed by atoms with Gasteiger partial charge in [-0.1, -0.05) is 31.4 Å². The third-order valence-corrected chi connectivity index (χ3v) is 4.09. The lowest BCUT2D eigenvalue weighted by Gasteiger charge is -2.09. The van der Waals surface area contributed by atoms with Gasteiger partial charge in [0.15, 0.2) is 0 Å². The third-order valence-electron chi connectivity index (χ3n) is 2.34. The highest BCUT2D eigenvalue weighted by Gasteiger charge is 2.16. The van der Waals surface area contributed by atoms with E-state index in [2.05, 4.69) is 11.6 Å². The summed E-state index contributed by atoms with van der Waals surface area (Å²) < 4.78 is 26.3. The molecule has 0 aliphatic rings. The van der Waals surface area contributed by atoms with E-state index in [0.717, 1.165) is 19.3 Å². The standard InChI is InChI=1S/C11H17ClN2O2S/c1-2-3-4-7-14-17(15,16)11-8-9(12)5-6-10(11)13/h5-6,8,14H,2-4,7,13H2,1H3. The van der Waals surface area contributed by atoms with E-state index in [1.807, 2.05) is 0 Å². The summed E-state index contributed by atoms with van der Waals surface area (Å²) in [5.41, 5.74) is 5.83. The highest BCUT2D eigenvalue weighted by Crippen LogP contribution is 2.22. The molecule has 0 fully saturated rings. The van der Waals surface area contributed by atoms with E-state index in [1.165, 1.54) is 12.1 Å². The Bertz CT molecular complexity index is 474. The van der Waals surface area contributed by atoms with Crippen LogP contribution in [0.5, 0.6) is 0 Å². The van der Waals surface area contributed by atoms with Gasteiger partial charge in [0.1, 0.15) is 4.90 Å². The summed E-state index contributed by atoms with van der Waals surface area (Å²) >= 11 is 5.76. The molecule has 1 aromatic carbocycles. The lowest BCUT2D eigenvalue weighted by molar-refractivity contribution is 0.576. The second-order valence-corrected chi connectivity index (χ2v) is 5.96. The molecule has 1 rings (SSSR count). The van der Waals surface area contributed by atoms with Crippen LogP contribution in [0.3, 0.4) is 0 Å². The lowest BCUT2D eigenvalue weighted by Crippen LogP contribution is -2.25. The van der Waals surface area contributed by atoms with Gasteiger partial charge in [0, 0.05) is 11.6 Å². The minimum absolute atomic E-state index is 0.0431. The van der Waals surface area contributed by atoms with Crippen molar-refractivity contribution in [2.24, 2.45) is 0 Å². The summed E-state index contributed by atoms with van der Waals surface area (Å²) in [4.78, 5) is 0.0431. The Kier molecular flexibility index (Phi) is 5.24. The number of hydrogen-bond acceptors (Lipinski definition) is 3. The van der Waals surface area contributed by atoms with Crippen LogP contribution in [-0.2, 0) is 10.0 Å². The molecular weight excluding hydrogens is 260 g/mol. The van der Waals surface area contributed by atoms with Gasteiger partial charge in [-0.2, -0.15) is 0 Å². The van der Waals surface area contributed by atoms with Crippen molar-refractivity contribution in [2.45, 2.75) is 31.1 Å². The summed E-state index contributed by atoms with van der Waals surface area (Å²) in [6.45, 7) is 2.48. The van der Waals surface area contributed by atoms with Crippen LogP contribution in [0.4, 0.5) is 5.69 Å². The molecule has 0 aliphatic heterocycles. The van der Waals surface area contributed by atoms with Crippen LogP contribution in [0.15, 0.2) is 23.1 Å². The van der Waals surface area contributed by atoms with Crippen molar-refractivity contribution >= 4 is 27.3 Å². The van der Waals surface area contributed by atoms with Crippen LogP contribution in [0.2, 0.25) is 5.02 Å². The number of anilines is 1. The van der Waals surface area contributed by atoms with Gasteiger partial charge in [-0.3, -0.25) is 0 Å². The van der Waals surface area contributed by atoms with Gasteiger partial charge in [0.25, 0.3) is 0 Å². The normalized spacial score (nSPS) is 11.6. The highest BCUT2D eigenvalue weighted by atomic mass is 35.5. The van der Waals surface area contributed by atoms with Gasteiger partial charge >= 0.3 is 0 Å². The number of unbranched alkanes of at least 4 members (excludes halogenated alkanes) is 2. The fraction of sp³-hybridized carbons (Fsp3) is 0.455. The molecule has 4 nitrogen and oxygen atoms in total. The van der Waals surface area contributed by atoms with E-state index in [0.29, 0.717) is 11.6 Å². The van der Waals surface area contributed by atoms with Gasteiger partial charge in [0.05, 0.1) is 5.69 Å². The van der Waals surface area contributed by atoms with Gasteiger partial charge in [0.2, 0.25) is 10.0 Å². The first-order valence-corrected chi connectivity index (χ1v) is 7.38. The maximum atomic E-state index is 11.9. The topological polar surface area (TPSA) is 72.2 Å². The van der Waals surface area contributed by atoms with Crippen LogP contribution in [0.25, 0.3) is 0 Å². The average molecular weight is 277 g/mol. The number of nitrogen functional groups attached to an aromatic ring is 1. The van der Waals surface area contributed by atoms with Crippen LogP contribution in [0.1, 0.15) is 26.2 Å². The summed E-state index contributed by atoms with van der Waals surface area (Å²) in [6.07, 6.45) is 2.85. The second kappa shape index (κ2) is 6.23. The summed E-state index contributed by atoms with van der Waals surface area (Å²) in [6, 6.07) is 4.41. The van der Waals surface area contributed by atoms with Crippen molar-refractivity contribution in [3.05, 3.63) is 23.2 Å². The van der Waals surface area contributed by atoms with E-state index in [1.54, 1.807) is 6.07 Å². The Labute approximate surface area is 107 Å². The number of sulfonamides is 1. The van der Waals surface area contributed by atoms with E-state index >= 15 is 0 Å². The molecule has 0 heterocycles. The molecule has 96 valence electrons. The zero-order valence-electron chi connectivity index (χ0n) is 9.74. The van der Waals surface area contributed by atoms with Crippen molar-refractivity contribution in [3.8, 4) is 0 Å². The predicted molar refractivity (Wildman–Crippen MR) is 70.6 cm³/mol. The van der Waals surface area contributed by atoms with Gasteiger partial charge < -0.3 is 5.73 Å². The SMILES string of the molecule is CCCCCNS(=O)(=O)c1cc(Cl)ccc1N. The number of benzene rings is 1. The monoisotopic (exact) mass is 276 g/mol. The first-order chi connectivity index (χ1) is 7.97. The zero-order chi connectivity index (χ0) is 12.9. The maximum Gasteiger partial charge on any atom is 0.242 e. The van der Waals surface area contributed by atoms with Crippen LogP contribution in [-0.4, -0.2) is 15.0 Å². The molecule has 0 aliphatic carbocycles. The second-order valence-electron chi connectivity index (χ2n) is 3.79. The first kappa shape index (κ1) is 14.3. The molecule has 0 spiro atoms. The molecule has 6 heteroatoms. The van der Waals surface area contributed by atoms with E-state index in [-0.39, 0.29) is 10.6 Å². The number of hydrogen-bond donors (Lipinski definition) is 2. The Hall–Kier alpha value is -0.780. The largest absolute Gasteiger partial charge is 0.398 e. The number of nitrogens with two attached hydrogens (primary N) is 1. The summed E-state index contributed by atoms with van der Waals surface area (Å²) in [5.74, 6) is 0. The summed E-state index contributed by atoms with van der Waals surface area (Å²) in [7, 11) is -3.55. The highest BCUT2D eigenvalue weighted by molar-refractivity contribution is 7.89. The van der Waals surface area contributed by atoms with E-state index in [4.69, 9.17) is 17.3 Å². The predicted octanol–water partition coefficient (Wildman–Crippen LogP) is 2.39. The molecule has 0 bridgehead atoms. The Morgan fingerprint density at radius 3 is 2.71 bits per heavy atom. The van der Waals surface area contributed by atoms with Crippen molar-refractivity contribution in [1.29, 1.82) is 0 Å². The first-order valence-electron chi connectivity index (χ1n) is 5.52. The molecule has 0 saturated heterocycles. The van der Waals surface area contributed by atoms with Gasteiger partial charge in [-0.25, -0.2) is 13.1 Å². The van der Waals surface area contributed by atoms with Gasteiger partial charge in [-0.05, 0) is 24.6 Å². The molecular formula is C11H17ClN2O2S. The van der Waals surface area contributed by atoms with E-state index in [9.17, 15) is 8.42 Å². The zero-order valence-corrected chi connectivity index (χ0v) is 11.3. The minimum atomic E-state index is -3.55. The average Bonchev–Trinajstić information content (AvgIpc) is 2.28. The molecule has 0 saturated carbocycles. The smallest absolute Gasteiger partial charge is 0.242 e. The maximum absolute atomic E-state index is 11.9. The third kappa shape index (κ3) is 4.18. The van der Waals surface area contributed by atoms with Gasteiger partial charge in [-0.15, -0.1) is 0 Å². The van der Waals surface area contributed by atoms with Crippen LogP contribution >= 0.6 is 11.6 Å². The van der Waals surface area contributed by atoms with Crippen molar-refractivity contribution in [1.82, 2.24) is 4.72 Å². The molecule has 17 heavy (non-hydrogen) atoms. The number of rotatable bonds is 6. The Morgan fingerprint density at radius 2 is 2.06 bits per heavy atom. The molecule has 3 N–H and O–H groups in total. The molecule has 0 amide bonds. The Morgan fingerprint density at radius 1 is 1.35 bits per heavy atom. The molecule has 0 unspecified atom stereocenters. The number of halogens is 1. The quantitative estimate of drug-likeness (QED) is 0.619.